The van der Waals surface area contributed by atoms with Crippen LogP contribution in [0, 0.1) is 0 Å². The van der Waals surface area contributed by atoms with Crippen molar-refractivity contribution in [3.8, 4) is 5.30 Å². The summed E-state index contributed by atoms with van der Waals surface area (Å²) in [6, 6.07) is 26.7. The van der Waals surface area contributed by atoms with Crippen molar-refractivity contribution in [2.24, 2.45) is 0 Å². The molecule has 3 aromatic carbocycles. The lowest BCUT2D eigenvalue weighted by atomic mass is 10.0. The maximum Gasteiger partial charge on any atom is 0.00710 e. The third kappa shape index (κ3) is 1.91. The van der Waals surface area contributed by atoms with Crippen molar-refractivity contribution in [2.75, 3.05) is 0 Å². The third-order valence-electron chi connectivity index (χ3n) is 4.18. The van der Waals surface area contributed by atoms with Gasteiger partial charge in [-0.25, -0.2) is 0 Å². The lowest BCUT2D eigenvalue weighted by molar-refractivity contribution is 1.16. The Morgan fingerprint density at radius 3 is 2.24 bits per heavy atom. The molecule has 102 valence electrons. The molecule has 4 rings (SSSR count). The lowest BCUT2D eigenvalue weighted by Gasteiger charge is -2.04. The fraction of sp³-hybridized carbons (Fsp3) is 0.100. The molecule has 1 unspecified atom stereocenters. The van der Waals surface area contributed by atoms with E-state index in [0.717, 1.165) is 6.42 Å². The van der Waals surface area contributed by atoms with E-state index in [-0.39, 0.29) is 0 Å². The molecule has 1 aromatic heterocycles. The van der Waals surface area contributed by atoms with Gasteiger partial charge < -0.3 is 0 Å². The molecule has 0 saturated heterocycles. The van der Waals surface area contributed by atoms with Gasteiger partial charge >= 0.3 is 0 Å². The van der Waals surface area contributed by atoms with E-state index in [1.165, 1.54) is 31.9 Å². The summed E-state index contributed by atoms with van der Waals surface area (Å²) in [5.74, 6) is 0. The zero-order chi connectivity index (χ0) is 14.2. The minimum Gasteiger partial charge on any atom is -0.0772 e. The third-order valence-corrected chi connectivity index (χ3v) is 6.72. The van der Waals surface area contributed by atoms with Gasteiger partial charge in [-0.15, -0.1) is 0 Å². The van der Waals surface area contributed by atoms with Crippen molar-refractivity contribution in [1.82, 2.24) is 0 Å². The molecule has 21 heavy (non-hydrogen) atoms. The largest absolute Gasteiger partial charge is 0.0772 e. The molecule has 1 heterocycles. The number of rotatable bonds is 2. The Kier molecular flexibility index (Phi) is 3.05. The van der Waals surface area contributed by atoms with Gasteiger partial charge in [-0.05, 0) is 34.1 Å². The Labute approximate surface area is 126 Å². The van der Waals surface area contributed by atoms with E-state index >= 15 is 0 Å². The Balaban J connectivity index is 2.23. The van der Waals surface area contributed by atoms with Crippen molar-refractivity contribution in [3.63, 3.8) is 0 Å². The normalized spacial score (nSPS) is 12.1. The molecule has 1 heteroatoms. The van der Waals surface area contributed by atoms with Crippen LogP contribution in [0.2, 0.25) is 0 Å². The van der Waals surface area contributed by atoms with Crippen LogP contribution in [-0.2, 0) is 6.42 Å². The van der Waals surface area contributed by atoms with Crippen LogP contribution in [0.1, 0.15) is 12.5 Å². The second-order valence-electron chi connectivity index (χ2n) is 5.35. The van der Waals surface area contributed by atoms with E-state index in [4.69, 9.17) is 0 Å². The number of hydrogen-bond acceptors (Lipinski definition) is 0. The summed E-state index contributed by atoms with van der Waals surface area (Å²) < 4.78 is 0. The van der Waals surface area contributed by atoms with Crippen molar-refractivity contribution in [3.05, 3.63) is 78.4 Å². The van der Waals surface area contributed by atoms with Crippen LogP contribution >= 0.6 is 7.53 Å². The van der Waals surface area contributed by atoms with Crippen molar-refractivity contribution >= 4 is 28.5 Å². The summed E-state index contributed by atoms with van der Waals surface area (Å²) in [7, 11) is -0.394. The van der Waals surface area contributed by atoms with Crippen molar-refractivity contribution in [1.29, 1.82) is 0 Å². The average molecular weight is 288 g/mol. The standard InChI is InChI=1S/C20H17P/c1-2-15-9-8-14-19-20(15)17-12-6-7-13-18(17)21(19)16-10-4-3-5-11-16/h3-14H,2H2,1H3. The Bertz CT molecular complexity index is 917. The molecule has 0 radical (unpaired) electrons. The summed E-state index contributed by atoms with van der Waals surface area (Å²) >= 11 is 0. The van der Waals surface area contributed by atoms with Crippen LogP contribution in [-0.4, -0.2) is 0 Å². The predicted molar refractivity (Wildman–Crippen MR) is 94.9 cm³/mol. The molecule has 0 aliphatic rings. The zero-order valence-corrected chi connectivity index (χ0v) is 13.0. The first-order valence-electron chi connectivity index (χ1n) is 7.46. The second-order valence-corrected chi connectivity index (χ2v) is 7.50. The SMILES string of the molecule is CCc1cccc2c1c1ccccc1p2-c1ccccc1. The van der Waals surface area contributed by atoms with Crippen LogP contribution in [0.4, 0.5) is 0 Å². The number of aryl methyl sites for hydroxylation is 1. The summed E-state index contributed by atoms with van der Waals surface area (Å²) in [6.45, 7) is 2.25. The van der Waals surface area contributed by atoms with Crippen LogP contribution < -0.4 is 0 Å². The van der Waals surface area contributed by atoms with E-state index in [0.29, 0.717) is 0 Å². The van der Waals surface area contributed by atoms with E-state index in [1.54, 1.807) is 0 Å². The van der Waals surface area contributed by atoms with Gasteiger partial charge in [0.25, 0.3) is 0 Å². The Hall–Kier alpha value is -2.04. The van der Waals surface area contributed by atoms with E-state index in [1.807, 2.05) is 0 Å². The minimum atomic E-state index is -0.394. The van der Waals surface area contributed by atoms with Gasteiger partial charge in [0.2, 0.25) is 0 Å². The topological polar surface area (TPSA) is 0 Å². The quantitative estimate of drug-likeness (QED) is 0.393. The number of hydrogen-bond donors (Lipinski definition) is 0. The molecule has 0 nitrogen and oxygen atoms in total. The summed E-state index contributed by atoms with van der Waals surface area (Å²) in [5.41, 5.74) is 1.47. The highest BCUT2D eigenvalue weighted by Crippen LogP contribution is 2.55. The summed E-state index contributed by atoms with van der Waals surface area (Å²) in [6.07, 6.45) is 1.09. The number of benzene rings is 3. The van der Waals surface area contributed by atoms with Gasteiger partial charge in [-0.3, -0.25) is 0 Å². The minimum absolute atomic E-state index is 0.394. The van der Waals surface area contributed by atoms with Gasteiger partial charge in [0.05, 0.1) is 0 Å². The molecule has 0 saturated carbocycles. The van der Waals surface area contributed by atoms with Crippen LogP contribution in [0.15, 0.2) is 72.8 Å². The highest BCUT2D eigenvalue weighted by atomic mass is 31.1. The molecule has 0 fully saturated rings. The first-order valence-corrected chi connectivity index (χ1v) is 8.81. The molecule has 0 aliphatic heterocycles. The molecule has 0 amide bonds. The highest BCUT2D eigenvalue weighted by molar-refractivity contribution is 7.67. The van der Waals surface area contributed by atoms with Crippen molar-refractivity contribution < 1.29 is 0 Å². The predicted octanol–water partition coefficient (Wildman–Crippen LogP) is 6.53. The first kappa shape index (κ1) is 12.7. The Morgan fingerprint density at radius 2 is 1.43 bits per heavy atom. The molecule has 1 atom stereocenters. The first-order chi connectivity index (χ1) is 10.4. The average Bonchev–Trinajstić information content (AvgIpc) is 2.90. The lowest BCUT2D eigenvalue weighted by Crippen LogP contribution is -1.79. The molecule has 4 aromatic rings. The smallest absolute Gasteiger partial charge is 0.00710 e. The maximum atomic E-state index is 2.33. The number of fused-ring (bicyclic) bond motifs is 3. The van der Waals surface area contributed by atoms with Gasteiger partial charge in [0.15, 0.2) is 0 Å². The Morgan fingerprint density at radius 1 is 0.714 bits per heavy atom. The van der Waals surface area contributed by atoms with Gasteiger partial charge in [-0.2, -0.15) is 0 Å². The highest BCUT2D eigenvalue weighted by Gasteiger charge is 2.14. The van der Waals surface area contributed by atoms with Crippen LogP contribution in [0.5, 0.6) is 0 Å². The fourth-order valence-corrected chi connectivity index (χ4v) is 5.91. The molecular formula is C20H17P. The molecular weight excluding hydrogens is 271 g/mol. The molecule has 0 N–H and O–H groups in total. The fourth-order valence-electron chi connectivity index (χ4n) is 3.24. The van der Waals surface area contributed by atoms with E-state index in [9.17, 15) is 0 Å². The zero-order valence-electron chi connectivity index (χ0n) is 12.1. The summed E-state index contributed by atoms with van der Waals surface area (Å²) in [5, 5.41) is 7.42. The van der Waals surface area contributed by atoms with Crippen LogP contribution in [0.25, 0.3) is 26.3 Å². The van der Waals surface area contributed by atoms with Crippen LogP contribution in [0.3, 0.4) is 0 Å². The second kappa shape index (κ2) is 5.06. The summed E-state index contributed by atoms with van der Waals surface area (Å²) in [4.78, 5) is 0. The molecule has 0 aliphatic carbocycles. The van der Waals surface area contributed by atoms with Crippen molar-refractivity contribution in [2.45, 2.75) is 13.3 Å². The van der Waals surface area contributed by atoms with E-state index < -0.39 is 7.53 Å². The van der Waals surface area contributed by atoms with Gasteiger partial charge in [0, 0.05) is 10.2 Å². The monoisotopic (exact) mass is 288 g/mol. The van der Waals surface area contributed by atoms with Gasteiger partial charge in [-0.1, -0.05) is 81.2 Å². The van der Waals surface area contributed by atoms with E-state index in [2.05, 4.69) is 79.7 Å². The molecule has 0 spiro atoms. The maximum absolute atomic E-state index is 2.33. The molecule has 0 bridgehead atoms. The van der Waals surface area contributed by atoms with Gasteiger partial charge in [0.1, 0.15) is 0 Å².